The van der Waals surface area contributed by atoms with E-state index in [2.05, 4.69) is 45.2 Å². The van der Waals surface area contributed by atoms with E-state index < -0.39 is 8.32 Å². The van der Waals surface area contributed by atoms with Crippen molar-refractivity contribution in [3.05, 3.63) is 12.7 Å². The molecule has 0 radical (unpaired) electrons. The fourth-order valence-corrected chi connectivity index (χ4v) is 3.35. The van der Waals surface area contributed by atoms with Gasteiger partial charge >= 0.3 is 5.97 Å². The molecule has 0 heterocycles. The Labute approximate surface area is 138 Å². The number of rotatable bonds is 11. The summed E-state index contributed by atoms with van der Waals surface area (Å²) in [5.74, 6) is -0.102. The van der Waals surface area contributed by atoms with E-state index in [1.807, 2.05) is 6.08 Å². The van der Waals surface area contributed by atoms with Gasteiger partial charge in [-0.2, -0.15) is 0 Å². The molecule has 0 unspecified atom stereocenters. The van der Waals surface area contributed by atoms with Crippen molar-refractivity contribution in [3.8, 4) is 0 Å². The average Bonchev–Trinajstić information content (AvgIpc) is 2.43. The van der Waals surface area contributed by atoms with E-state index in [0.29, 0.717) is 6.42 Å². The number of hydrogen-bond acceptors (Lipinski definition) is 3. The van der Waals surface area contributed by atoms with Gasteiger partial charge in [0.1, 0.15) is 0 Å². The van der Waals surface area contributed by atoms with Crippen LogP contribution >= 0.6 is 0 Å². The standard InChI is InChI=1S/C18H36O3Si/c1-8-16(21-22(6,7)18(2,3)4)14-12-10-9-11-13-15-17(19)20-5/h8,16H,1,9-15H2,2-7H3/t16-/m1/s1. The maximum atomic E-state index is 11.0. The molecule has 0 fully saturated rings. The fraction of sp³-hybridized carbons (Fsp3) is 0.833. The Morgan fingerprint density at radius 2 is 1.68 bits per heavy atom. The van der Waals surface area contributed by atoms with Crippen LogP contribution < -0.4 is 0 Å². The summed E-state index contributed by atoms with van der Waals surface area (Å²) in [4.78, 5) is 11.0. The maximum Gasteiger partial charge on any atom is 0.305 e. The Morgan fingerprint density at radius 3 is 2.18 bits per heavy atom. The minimum Gasteiger partial charge on any atom is -0.469 e. The number of hydrogen-bond donors (Lipinski definition) is 0. The Bertz CT molecular complexity index is 332. The molecule has 0 aromatic rings. The molecule has 0 amide bonds. The van der Waals surface area contributed by atoms with Crippen LogP contribution in [0, 0.1) is 0 Å². The van der Waals surface area contributed by atoms with E-state index in [1.54, 1.807) is 0 Å². The van der Waals surface area contributed by atoms with Gasteiger partial charge in [-0.1, -0.05) is 52.5 Å². The molecule has 0 spiro atoms. The number of esters is 1. The zero-order valence-electron chi connectivity index (χ0n) is 15.5. The number of carbonyl (C=O) groups is 1. The number of ether oxygens (including phenoxy) is 1. The first-order chi connectivity index (χ1) is 10.1. The highest BCUT2D eigenvalue weighted by Crippen LogP contribution is 2.37. The molecule has 3 nitrogen and oxygen atoms in total. The van der Waals surface area contributed by atoms with Gasteiger partial charge in [0.05, 0.1) is 13.2 Å². The topological polar surface area (TPSA) is 35.5 Å². The van der Waals surface area contributed by atoms with Gasteiger partial charge in [-0.25, -0.2) is 0 Å². The second-order valence-corrected chi connectivity index (χ2v) is 12.3. The highest BCUT2D eigenvalue weighted by atomic mass is 28.4. The first kappa shape index (κ1) is 21.4. The third kappa shape index (κ3) is 8.74. The summed E-state index contributed by atoms with van der Waals surface area (Å²) >= 11 is 0. The van der Waals surface area contributed by atoms with E-state index in [4.69, 9.17) is 4.43 Å². The number of carbonyl (C=O) groups excluding carboxylic acids is 1. The summed E-state index contributed by atoms with van der Waals surface area (Å²) in [6.07, 6.45) is 9.26. The summed E-state index contributed by atoms with van der Waals surface area (Å²) in [6.45, 7) is 15.3. The van der Waals surface area contributed by atoms with E-state index >= 15 is 0 Å². The monoisotopic (exact) mass is 328 g/mol. The summed E-state index contributed by atoms with van der Waals surface area (Å²) in [6, 6.07) is 0. The molecule has 0 aliphatic carbocycles. The lowest BCUT2D eigenvalue weighted by Crippen LogP contribution is -2.43. The molecule has 0 aliphatic rings. The molecule has 0 bridgehead atoms. The van der Waals surface area contributed by atoms with Crippen molar-refractivity contribution in [2.75, 3.05) is 7.11 Å². The van der Waals surface area contributed by atoms with E-state index in [1.165, 1.54) is 20.0 Å². The lowest BCUT2D eigenvalue weighted by atomic mass is 10.1. The van der Waals surface area contributed by atoms with Gasteiger partial charge in [0, 0.05) is 6.42 Å². The normalized spacial score (nSPS) is 13.7. The van der Waals surface area contributed by atoms with Crippen molar-refractivity contribution in [1.29, 1.82) is 0 Å². The van der Waals surface area contributed by atoms with Crippen LogP contribution in [0.25, 0.3) is 0 Å². The van der Waals surface area contributed by atoms with Crippen LogP contribution in [-0.4, -0.2) is 27.5 Å². The Kier molecular flexibility index (Phi) is 9.93. The van der Waals surface area contributed by atoms with Gasteiger partial charge in [-0.05, 0) is 31.0 Å². The van der Waals surface area contributed by atoms with Gasteiger partial charge in [-0.15, -0.1) is 6.58 Å². The number of methoxy groups -OCH3 is 1. The Balaban J connectivity index is 3.88. The molecule has 0 N–H and O–H groups in total. The highest BCUT2D eigenvalue weighted by molar-refractivity contribution is 6.74. The molecule has 0 saturated heterocycles. The molecular weight excluding hydrogens is 292 g/mol. The van der Waals surface area contributed by atoms with Crippen molar-refractivity contribution >= 4 is 14.3 Å². The van der Waals surface area contributed by atoms with E-state index in [-0.39, 0.29) is 17.1 Å². The van der Waals surface area contributed by atoms with Gasteiger partial charge in [0.2, 0.25) is 0 Å². The summed E-state index contributed by atoms with van der Waals surface area (Å²) in [5.41, 5.74) is 0. The van der Waals surface area contributed by atoms with Gasteiger partial charge in [0.25, 0.3) is 0 Å². The summed E-state index contributed by atoms with van der Waals surface area (Å²) in [7, 11) is -0.265. The van der Waals surface area contributed by atoms with Crippen molar-refractivity contribution < 1.29 is 14.0 Å². The molecule has 130 valence electrons. The molecule has 22 heavy (non-hydrogen) atoms. The predicted molar refractivity (Wildman–Crippen MR) is 96.6 cm³/mol. The number of unbranched alkanes of at least 4 members (excludes halogenated alkanes) is 4. The van der Waals surface area contributed by atoms with Gasteiger partial charge in [0.15, 0.2) is 8.32 Å². The second kappa shape index (κ2) is 10.2. The lowest BCUT2D eigenvalue weighted by molar-refractivity contribution is -0.140. The van der Waals surface area contributed by atoms with Gasteiger partial charge in [-0.3, -0.25) is 4.79 Å². The summed E-state index contributed by atoms with van der Waals surface area (Å²) < 4.78 is 11.0. The van der Waals surface area contributed by atoms with Crippen molar-refractivity contribution in [3.63, 3.8) is 0 Å². The Hall–Kier alpha value is -0.613. The average molecular weight is 329 g/mol. The van der Waals surface area contributed by atoms with E-state index in [9.17, 15) is 4.79 Å². The first-order valence-electron chi connectivity index (χ1n) is 8.51. The van der Waals surface area contributed by atoms with Crippen LogP contribution in [0.2, 0.25) is 18.1 Å². The molecule has 0 saturated carbocycles. The molecule has 0 aromatic carbocycles. The molecule has 0 aromatic heterocycles. The quantitative estimate of drug-likeness (QED) is 0.218. The van der Waals surface area contributed by atoms with Crippen LogP contribution in [-0.2, 0) is 14.0 Å². The fourth-order valence-electron chi connectivity index (χ4n) is 2.03. The zero-order valence-corrected chi connectivity index (χ0v) is 16.5. The lowest BCUT2D eigenvalue weighted by Gasteiger charge is -2.38. The summed E-state index contributed by atoms with van der Waals surface area (Å²) in [5, 5.41) is 0.238. The molecule has 1 atom stereocenters. The molecule has 0 aliphatic heterocycles. The van der Waals surface area contributed by atoms with Crippen LogP contribution in [0.1, 0.15) is 65.7 Å². The second-order valence-electron chi connectivity index (χ2n) is 7.53. The smallest absolute Gasteiger partial charge is 0.305 e. The molecule has 4 heteroatoms. The Morgan fingerprint density at radius 1 is 1.14 bits per heavy atom. The van der Waals surface area contributed by atoms with Crippen molar-refractivity contribution in [2.45, 2.75) is 90.0 Å². The van der Waals surface area contributed by atoms with Gasteiger partial charge < -0.3 is 9.16 Å². The predicted octanol–water partition coefficient (Wildman–Crippen LogP) is 5.47. The van der Waals surface area contributed by atoms with Crippen LogP contribution in [0.4, 0.5) is 0 Å². The zero-order chi connectivity index (χ0) is 17.2. The largest absolute Gasteiger partial charge is 0.469 e. The third-order valence-corrected chi connectivity index (χ3v) is 9.12. The molecule has 0 rings (SSSR count). The van der Waals surface area contributed by atoms with Crippen LogP contribution in [0.15, 0.2) is 12.7 Å². The molecular formula is C18H36O3Si. The minimum atomic E-state index is -1.71. The highest BCUT2D eigenvalue weighted by Gasteiger charge is 2.38. The first-order valence-corrected chi connectivity index (χ1v) is 11.4. The van der Waals surface area contributed by atoms with Crippen LogP contribution in [0.5, 0.6) is 0 Å². The SMILES string of the molecule is C=C[C@H](CCCCCCCC(=O)OC)O[Si](C)(C)C(C)(C)C. The van der Waals surface area contributed by atoms with Crippen molar-refractivity contribution in [2.24, 2.45) is 0 Å². The van der Waals surface area contributed by atoms with Crippen LogP contribution in [0.3, 0.4) is 0 Å². The van der Waals surface area contributed by atoms with Crippen molar-refractivity contribution in [1.82, 2.24) is 0 Å². The maximum absolute atomic E-state index is 11.0. The third-order valence-electron chi connectivity index (χ3n) is 4.61. The minimum absolute atomic E-state index is 0.102. The van der Waals surface area contributed by atoms with E-state index in [0.717, 1.165) is 25.7 Å².